The molecule has 0 aromatic carbocycles. The van der Waals surface area contributed by atoms with Gasteiger partial charge in [0.1, 0.15) is 4.21 Å². The first kappa shape index (κ1) is 17.9. The fourth-order valence-corrected chi connectivity index (χ4v) is 6.42. The third-order valence-electron chi connectivity index (χ3n) is 4.83. The van der Waals surface area contributed by atoms with Crippen LogP contribution in [0.4, 0.5) is 0 Å². The highest BCUT2D eigenvalue weighted by Crippen LogP contribution is 2.28. The normalized spacial score (nSPS) is 20.8. The van der Waals surface area contributed by atoms with Gasteiger partial charge in [0.2, 0.25) is 5.91 Å². The summed E-state index contributed by atoms with van der Waals surface area (Å²) in [4.78, 5) is 15.3. The number of sulfonamides is 1. The lowest BCUT2D eigenvalue weighted by Gasteiger charge is -2.24. The minimum absolute atomic E-state index is 0.129. The number of hydrogen-bond acceptors (Lipinski definition) is 4. The summed E-state index contributed by atoms with van der Waals surface area (Å²) >= 11 is 1.25. The number of nitrogens with zero attached hydrogens (tertiary/aromatic N) is 2. The Labute approximate surface area is 148 Å². The molecule has 5 nitrogen and oxygen atoms in total. The van der Waals surface area contributed by atoms with Gasteiger partial charge in [-0.25, -0.2) is 8.42 Å². The third-order valence-corrected chi connectivity index (χ3v) is 8.28. The number of thiophene rings is 1. The second-order valence-electron chi connectivity index (χ2n) is 6.66. The molecule has 0 aliphatic carbocycles. The van der Waals surface area contributed by atoms with E-state index in [-0.39, 0.29) is 5.91 Å². The average molecular weight is 371 g/mol. The fraction of sp³-hybridized carbons (Fsp3) is 0.706. The molecule has 1 aromatic rings. The molecule has 24 heavy (non-hydrogen) atoms. The Morgan fingerprint density at radius 2 is 1.50 bits per heavy atom. The monoisotopic (exact) mass is 370 g/mol. The zero-order valence-electron chi connectivity index (χ0n) is 14.1. The van der Waals surface area contributed by atoms with Gasteiger partial charge in [0, 0.05) is 31.1 Å². The molecule has 0 radical (unpaired) electrons. The summed E-state index contributed by atoms with van der Waals surface area (Å²) in [7, 11) is -3.36. The second kappa shape index (κ2) is 7.97. The van der Waals surface area contributed by atoms with Gasteiger partial charge in [-0.05, 0) is 37.8 Å². The summed E-state index contributed by atoms with van der Waals surface area (Å²) in [5.41, 5.74) is 0. The van der Waals surface area contributed by atoms with Crippen molar-refractivity contribution in [1.82, 2.24) is 9.21 Å². The fourth-order valence-electron chi connectivity index (χ4n) is 3.41. The maximum Gasteiger partial charge on any atom is 0.252 e. The Balaban J connectivity index is 1.63. The van der Waals surface area contributed by atoms with E-state index in [2.05, 4.69) is 0 Å². The van der Waals surface area contributed by atoms with Crippen LogP contribution in [0.2, 0.25) is 0 Å². The van der Waals surface area contributed by atoms with Crippen LogP contribution in [0.1, 0.15) is 49.8 Å². The lowest BCUT2D eigenvalue weighted by Crippen LogP contribution is -2.34. The zero-order valence-corrected chi connectivity index (χ0v) is 15.7. The lowest BCUT2D eigenvalue weighted by molar-refractivity contribution is -0.130. The number of amides is 1. The molecule has 7 heteroatoms. The number of hydrogen-bond donors (Lipinski definition) is 0. The van der Waals surface area contributed by atoms with Gasteiger partial charge in [-0.2, -0.15) is 4.31 Å². The molecule has 0 N–H and O–H groups in total. The predicted molar refractivity (Wildman–Crippen MR) is 95.7 cm³/mol. The minimum atomic E-state index is -3.36. The van der Waals surface area contributed by atoms with E-state index in [1.165, 1.54) is 30.6 Å². The van der Waals surface area contributed by atoms with Crippen LogP contribution in [0.5, 0.6) is 0 Å². The number of likely N-dealkylation sites (tertiary alicyclic amines) is 1. The Morgan fingerprint density at radius 3 is 2.17 bits per heavy atom. The maximum atomic E-state index is 12.6. The quantitative estimate of drug-likeness (QED) is 0.819. The van der Waals surface area contributed by atoms with Crippen molar-refractivity contribution in [2.45, 2.75) is 55.6 Å². The van der Waals surface area contributed by atoms with Crippen molar-refractivity contribution < 1.29 is 13.2 Å². The molecule has 3 heterocycles. The van der Waals surface area contributed by atoms with Gasteiger partial charge in [-0.3, -0.25) is 4.79 Å². The van der Waals surface area contributed by atoms with Gasteiger partial charge >= 0.3 is 0 Å². The summed E-state index contributed by atoms with van der Waals surface area (Å²) in [6, 6.07) is 3.46. The Morgan fingerprint density at radius 1 is 0.917 bits per heavy atom. The first-order valence-electron chi connectivity index (χ1n) is 8.94. The molecule has 0 saturated carbocycles. The summed E-state index contributed by atoms with van der Waals surface area (Å²) < 4.78 is 27.1. The molecule has 134 valence electrons. The summed E-state index contributed by atoms with van der Waals surface area (Å²) in [5.74, 6) is 0.129. The van der Waals surface area contributed by atoms with E-state index >= 15 is 0 Å². The van der Waals surface area contributed by atoms with Gasteiger partial charge in [0.25, 0.3) is 10.0 Å². The van der Waals surface area contributed by atoms with Gasteiger partial charge in [0.15, 0.2) is 0 Å². The van der Waals surface area contributed by atoms with Crippen LogP contribution in [0.3, 0.4) is 0 Å². The number of carbonyl (C=O) groups excluding carboxylic acids is 1. The van der Waals surface area contributed by atoms with Crippen LogP contribution < -0.4 is 0 Å². The highest BCUT2D eigenvalue weighted by atomic mass is 32.2. The Hall–Kier alpha value is -0.920. The minimum Gasteiger partial charge on any atom is -0.342 e. The van der Waals surface area contributed by atoms with Crippen LogP contribution in [-0.4, -0.2) is 49.7 Å². The largest absolute Gasteiger partial charge is 0.342 e. The van der Waals surface area contributed by atoms with Crippen LogP contribution in [0.25, 0.3) is 0 Å². The molecular formula is C17H26N2O3S2. The van der Waals surface area contributed by atoms with Crippen molar-refractivity contribution in [1.29, 1.82) is 0 Å². The second-order valence-corrected chi connectivity index (χ2v) is 9.99. The zero-order chi connectivity index (χ0) is 17.0. The highest BCUT2D eigenvalue weighted by Gasteiger charge is 2.28. The van der Waals surface area contributed by atoms with Crippen molar-refractivity contribution in [3.63, 3.8) is 0 Å². The molecule has 0 unspecified atom stereocenters. The molecule has 0 bridgehead atoms. The first-order valence-corrected chi connectivity index (χ1v) is 11.2. The summed E-state index contributed by atoms with van der Waals surface area (Å²) in [6.07, 6.45) is 8.00. The van der Waals surface area contributed by atoms with Gasteiger partial charge in [-0.1, -0.05) is 19.3 Å². The number of carbonyl (C=O) groups is 1. The van der Waals surface area contributed by atoms with E-state index in [9.17, 15) is 13.2 Å². The predicted octanol–water partition coefficient (Wildman–Crippen LogP) is 2.87. The van der Waals surface area contributed by atoms with E-state index in [0.717, 1.165) is 43.6 Å². The molecule has 2 saturated heterocycles. The maximum absolute atomic E-state index is 12.6. The van der Waals surface area contributed by atoms with E-state index < -0.39 is 10.0 Å². The Bertz CT molecular complexity index is 655. The molecule has 2 aliphatic rings. The SMILES string of the molecule is O=C(Cc1ccc(S(=O)(=O)N2CCCC2)s1)N1CCCCCCC1. The topological polar surface area (TPSA) is 57.7 Å². The standard InChI is InChI=1S/C17H26N2O3S2/c20-16(18-10-4-2-1-3-5-11-18)14-15-8-9-17(23-15)24(21,22)19-12-6-7-13-19/h8-9H,1-7,10-14H2. The summed E-state index contributed by atoms with van der Waals surface area (Å²) in [5, 5.41) is 0. The van der Waals surface area contributed by atoms with Crippen LogP contribution in [0.15, 0.2) is 16.3 Å². The summed E-state index contributed by atoms with van der Waals surface area (Å²) in [6.45, 7) is 2.90. The molecule has 0 spiro atoms. The van der Waals surface area contributed by atoms with Crippen LogP contribution >= 0.6 is 11.3 Å². The molecule has 2 aliphatic heterocycles. The van der Waals surface area contributed by atoms with Crippen molar-refractivity contribution in [2.24, 2.45) is 0 Å². The van der Waals surface area contributed by atoms with Crippen LogP contribution in [-0.2, 0) is 21.2 Å². The smallest absolute Gasteiger partial charge is 0.252 e. The highest BCUT2D eigenvalue weighted by molar-refractivity contribution is 7.91. The molecule has 0 atom stereocenters. The van der Waals surface area contributed by atoms with Crippen molar-refractivity contribution in [3.05, 3.63) is 17.0 Å². The molecular weight excluding hydrogens is 344 g/mol. The molecule has 1 amide bonds. The third kappa shape index (κ3) is 4.18. The molecule has 3 rings (SSSR count). The van der Waals surface area contributed by atoms with Crippen molar-refractivity contribution in [2.75, 3.05) is 26.2 Å². The lowest BCUT2D eigenvalue weighted by atomic mass is 10.1. The Kier molecular flexibility index (Phi) is 5.94. The number of rotatable bonds is 4. The van der Waals surface area contributed by atoms with Gasteiger partial charge in [0.05, 0.1) is 6.42 Å². The molecule has 2 fully saturated rings. The van der Waals surface area contributed by atoms with Crippen molar-refractivity contribution in [3.8, 4) is 0 Å². The van der Waals surface area contributed by atoms with E-state index in [4.69, 9.17) is 0 Å². The van der Waals surface area contributed by atoms with Crippen molar-refractivity contribution >= 4 is 27.3 Å². The van der Waals surface area contributed by atoms with E-state index in [0.29, 0.717) is 23.7 Å². The molecule has 1 aromatic heterocycles. The van der Waals surface area contributed by atoms with E-state index in [1.807, 2.05) is 4.90 Å². The van der Waals surface area contributed by atoms with E-state index in [1.54, 1.807) is 16.4 Å². The first-order chi connectivity index (χ1) is 11.6. The van der Waals surface area contributed by atoms with Crippen LogP contribution in [0, 0.1) is 0 Å². The van der Waals surface area contributed by atoms with Gasteiger partial charge < -0.3 is 4.90 Å². The average Bonchev–Trinajstić information content (AvgIpc) is 3.18. The van der Waals surface area contributed by atoms with Gasteiger partial charge in [-0.15, -0.1) is 11.3 Å².